The van der Waals surface area contributed by atoms with Gasteiger partial charge in [-0.2, -0.15) is 10.5 Å². The first-order chi connectivity index (χ1) is 6.76. The summed E-state index contributed by atoms with van der Waals surface area (Å²) < 4.78 is 1.79. The van der Waals surface area contributed by atoms with Crippen LogP contribution in [0.25, 0.3) is 10.1 Å². The smallest absolute Gasteiger partial charge is 0.110 e. The van der Waals surface area contributed by atoms with Crippen LogP contribution in [-0.4, -0.2) is 0 Å². The minimum Gasteiger partial charge on any atom is -0.192 e. The molecule has 0 saturated heterocycles. The molecule has 14 heavy (non-hydrogen) atoms. The van der Waals surface area contributed by atoms with E-state index in [1.807, 2.05) is 6.07 Å². The van der Waals surface area contributed by atoms with E-state index in [1.54, 1.807) is 12.1 Å². The molecule has 0 spiro atoms. The van der Waals surface area contributed by atoms with Crippen molar-refractivity contribution in [3.8, 4) is 12.1 Å². The Labute approximate surface area is 93.1 Å². The molecule has 1 aromatic carbocycles. The van der Waals surface area contributed by atoms with Gasteiger partial charge in [-0.3, -0.25) is 0 Å². The van der Waals surface area contributed by atoms with Crippen LogP contribution in [0.5, 0.6) is 0 Å². The molecule has 0 radical (unpaired) electrons. The van der Waals surface area contributed by atoms with Gasteiger partial charge in [0.2, 0.25) is 0 Å². The molecule has 0 bridgehead atoms. The summed E-state index contributed by atoms with van der Waals surface area (Å²) in [6.07, 6.45) is 0. The summed E-state index contributed by atoms with van der Waals surface area (Å²) >= 11 is 4.74. The van der Waals surface area contributed by atoms with Crippen molar-refractivity contribution in [2.45, 2.75) is 0 Å². The Morgan fingerprint density at radius 3 is 2.64 bits per heavy atom. The van der Waals surface area contributed by atoms with E-state index in [9.17, 15) is 0 Å². The predicted molar refractivity (Wildman–Crippen MR) is 59.0 cm³/mol. The van der Waals surface area contributed by atoms with Crippen molar-refractivity contribution in [3.05, 3.63) is 33.1 Å². The molecule has 2 aromatic rings. The fraction of sp³-hybridized carbons (Fsp3) is 0. The Balaban J connectivity index is 2.92. The Bertz CT molecular complexity index is 586. The molecule has 4 heteroatoms. The minimum atomic E-state index is 0.620. The van der Waals surface area contributed by atoms with Gasteiger partial charge in [0.1, 0.15) is 17.0 Å². The van der Waals surface area contributed by atoms with E-state index < -0.39 is 0 Å². The van der Waals surface area contributed by atoms with Gasteiger partial charge in [0.15, 0.2) is 0 Å². The van der Waals surface area contributed by atoms with Crippen molar-refractivity contribution in [1.82, 2.24) is 0 Å². The summed E-state index contributed by atoms with van der Waals surface area (Å²) in [5.74, 6) is 0. The van der Waals surface area contributed by atoms with E-state index in [-0.39, 0.29) is 0 Å². The summed E-state index contributed by atoms with van der Waals surface area (Å²) in [6, 6.07) is 9.58. The highest BCUT2D eigenvalue weighted by Crippen LogP contribution is 2.33. The van der Waals surface area contributed by atoms with Gasteiger partial charge in [0.25, 0.3) is 0 Å². The second kappa shape index (κ2) is 3.42. The molecular weight excluding hydrogens is 260 g/mol. The van der Waals surface area contributed by atoms with Gasteiger partial charge >= 0.3 is 0 Å². The molecule has 2 rings (SSSR count). The van der Waals surface area contributed by atoms with Crippen LogP contribution >= 0.6 is 27.3 Å². The average Bonchev–Trinajstić information content (AvgIpc) is 2.63. The first-order valence-electron chi connectivity index (χ1n) is 3.78. The normalized spacial score (nSPS) is 9.64. The van der Waals surface area contributed by atoms with Gasteiger partial charge < -0.3 is 0 Å². The van der Waals surface area contributed by atoms with E-state index in [2.05, 4.69) is 28.1 Å². The number of benzene rings is 1. The van der Waals surface area contributed by atoms with Gasteiger partial charge in [0, 0.05) is 9.86 Å². The van der Waals surface area contributed by atoms with Crippen LogP contribution in [0.2, 0.25) is 0 Å². The summed E-state index contributed by atoms with van der Waals surface area (Å²) in [4.78, 5) is 0.628. The zero-order valence-electron chi connectivity index (χ0n) is 6.91. The van der Waals surface area contributed by atoms with Gasteiger partial charge in [-0.1, -0.05) is 15.9 Å². The van der Waals surface area contributed by atoms with Crippen LogP contribution in [-0.2, 0) is 0 Å². The quantitative estimate of drug-likeness (QED) is 0.731. The fourth-order valence-corrected chi connectivity index (χ4v) is 2.75. The lowest BCUT2D eigenvalue weighted by Gasteiger charge is -1.94. The van der Waals surface area contributed by atoms with E-state index in [1.165, 1.54) is 11.3 Å². The van der Waals surface area contributed by atoms with Crippen molar-refractivity contribution in [3.63, 3.8) is 0 Å². The maximum Gasteiger partial charge on any atom is 0.110 e. The molecule has 0 aliphatic heterocycles. The topological polar surface area (TPSA) is 47.6 Å². The van der Waals surface area contributed by atoms with Crippen LogP contribution in [0.4, 0.5) is 0 Å². The molecule has 1 heterocycles. The average molecular weight is 263 g/mol. The molecule has 0 aliphatic rings. The number of hydrogen-bond donors (Lipinski definition) is 0. The van der Waals surface area contributed by atoms with Gasteiger partial charge in [-0.25, -0.2) is 0 Å². The SMILES string of the molecule is N#Cc1cc2c(Br)ccc(C#N)c2s1. The molecule has 2 nitrogen and oxygen atoms in total. The summed E-state index contributed by atoms with van der Waals surface area (Å²) in [6.45, 7) is 0. The third kappa shape index (κ3) is 1.29. The molecule has 0 aliphatic carbocycles. The van der Waals surface area contributed by atoms with Gasteiger partial charge in [-0.05, 0) is 18.2 Å². The lowest BCUT2D eigenvalue weighted by Crippen LogP contribution is -1.74. The van der Waals surface area contributed by atoms with Crippen molar-refractivity contribution in [2.24, 2.45) is 0 Å². The van der Waals surface area contributed by atoms with Crippen molar-refractivity contribution >= 4 is 37.4 Å². The predicted octanol–water partition coefficient (Wildman–Crippen LogP) is 3.41. The van der Waals surface area contributed by atoms with Crippen molar-refractivity contribution < 1.29 is 0 Å². The van der Waals surface area contributed by atoms with Crippen molar-refractivity contribution in [1.29, 1.82) is 10.5 Å². The number of halogens is 1. The zero-order valence-corrected chi connectivity index (χ0v) is 9.32. The second-order valence-corrected chi connectivity index (χ2v) is 4.58. The van der Waals surface area contributed by atoms with E-state index in [0.717, 1.165) is 14.6 Å². The second-order valence-electron chi connectivity index (χ2n) is 2.67. The van der Waals surface area contributed by atoms with Crippen molar-refractivity contribution in [2.75, 3.05) is 0 Å². The van der Waals surface area contributed by atoms with Crippen LogP contribution in [0.1, 0.15) is 10.4 Å². The highest BCUT2D eigenvalue weighted by atomic mass is 79.9. The number of nitriles is 2. The highest BCUT2D eigenvalue weighted by Gasteiger charge is 2.08. The highest BCUT2D eigenvalue weighted by molar-refractivity contribution is 9.10. The Morgan fingerprint density at radius 2 is 2.00 bits per heavy atom. The number of nitrogens with zero attached hydrogens (tertiary/aromatic N) is 2. The maximum absolute atomic E-state index is 8.87. The fourth-order valence-electron chi connectivity index (χ4n) is 1.23. The van der Waals surface area contributed by atoms with E-state index >= 15 is 0 Å². The number of hydrogen-bond acceptors (Lipinski definition) is 3. The monoisotopic (exact) mass is 262 g/mol. The lowest BCUT2D eigenvalue weighted by atomic mass is 10.2. The van der Waals surface area contributed by atoms with Crippen LogP contribution < -0.4 is 0 Å². The van der Waals surface area contributed by atoms with Gasteiger partial charge in [0.05, 0.1) is 10.3 Å². The first kappa shape index (κ1) is 9.21. The molecular formula is C10H3BrN2S. The maximum atomic E-state index is 8.87. The third-order valence-corrected chi connectivity index (χ3v) is 3.63. The summed E-state index contributed by atoms with van der Waals surface area (Å²) in [5, 5.41) is 18.6. The largest absolute Gasteiger partial charge is 0.192 e. The van der Waals surface area contributed by atoms with E-state index in [0.29, 0.717) is 10.4 Å². The Hall–Kier alpha value is -1.36. The van der Waals surface area contributed by atoms with Crippen LogP contribution in [0, 0.1) is 22.7 Å². The molecule has 0 N–H and O–H groups in total. The van der Waals surface area contributed by atoms with Gasteiger partial charge in [-0.15, -0.1) is 11.3 Å². The summed E-state index contributed by atoms with van der Waals surface area (Å²) in [7, 11) is 0. The molecule has 66 valence electrons. The summed E-state index contributed by atoms with van der Waals surface area (Å²) in [5.41, 5.74) is 0.620. The lowest BCUT2D eigenvalue weighted by molar-refractivity contribution is 1.51. The zero-order chi connectivity index (χ0) is 10.1. The Kier molecular flexibility index (Phi) is 2.25. The minimum absolute atomic E-state index is 0.620. The molecule has 0 fully saturated rings. The number of fused-ring (bicyclic) bond motifs is 1. The van der Waals surface area contributed by atoms with Crippen LogP contribution in [0.3, 0.4) is 0 Å². The molecule has 0 unspecified atom stereocenters. The molecule has 0 atom stereocenters. The number of rotatable bonds is 0. The number of thiophene rings is 1. The third-order valence-electron chi connectivity index (χ3n) is 1.86. The molecule has 1 aromatic heterocycles. The Morgan fingerprint density at radius 1 is 1.21 bits per heavy atom. The molecule has 0 saturated carbocycles. The molecule has 0 amide bonds. The standard InChI is InChI=1S/C10H3BrN2S/c11-9-2-1-6(4-12)10-8(9)3-7(5-13)14-10/h1-3H. The first-order valence-corrected chi connectivity index (χ1v) is 5.39. The van der Waals surface area contributed by atoms with Crippen LogP contribution in [0.15, 0.2) is 22.7 Å². The van der Waals surface area contributed by atoms with E-state index in [4.69, 9.17) is 10.5 Å².